The Morgan fingerprint density at radius 2 is 1.62 bits per heavy atom. The SMILES string of the molecule is COc1ccc(C)cc1S(=O)(=O)N1CCN(C(=O)c2ccccc2C(=O)O)CC1. The number of hydrogen-bond donors (Lipinski definition) is 1. The Morgan fingerprint density at radius 3 is 2.21 bits per heavy atom. The van der Waals surface area contributed by atoms with Crippen molar-refractivity contribution < 1.29 is 27.9 Å². The van der Waals surface area contributed by atoms with E-state index >= 15 is 0 Å². The van der Waals surface area contributed by atoms with Crippen LogP contribution in [0.15, 0.2) is 47.4 Å². The standard InChI is InChI=1S/C20H22N2O6S/c1-14-7-8-17(28-2)18(13-14)29(26,27)22-11-9-21(10-12-22)19(23)15-5-3-4-6-16(15)20(24)25/h3-8,13H,9-12H2,1-2H3,(H,24,25). The van der Waals surface area contributed by atoms with Crippen molar-refractivity contribution in [2.24, 2.45) is 0 Å². The first-order valence-corrected chi connectivity index (χ1v) is 10.5. The molecule has 0 atom stereocenters. The van der Waals surface area contributed by atoms with Crippen molar-refractivity contribution in [2.75, 3.05) is 33.3 Å². The second kappa shape index (κ2) is 8.22. The lowest BCUT2D eigenvalue weighted by Crippen LogP contribution is -2.50. The molecule has 9 heteroatoms. The molecule has 3 rings (SSSR count). The van der Waals surface area contributed by atoms with Gasteiger partial charge in [-0.1, -0.05) is 18.2 Å². The summed E-state index contributed by atoms with van der Waals surface area (Å²) in [5.74, 6) is -1.33. The molecule has 0 saturated carbocycles. The second-order valence-electron chi connectivity index (χ2n) is 6.70. The van der Waals surface area contributed by atoms with E-state index in [1.54, 1.807) is 37.3 Å². The summed E-state index contributed by atoms with van der Waals surface area (Å²) >= 11 is 0. The van der Waals surface area contributed by atoms with E-state index < -0.39 is 21.9 Å². The number of aromatic carboxylic acids is 1. The zero-order chi connectivity index (χ0) is 21.2. The van der Waals surface area contributed by atoms with Gasteiger partial charge in [0.15, 0.2) is 0 Å². The molecule has 1 N–H and O–H groups in total. The summed E-state index contributed by atoms with van der Waals surface area (Å²) in [7, 11) is -2.37. The molecule has 0 aromatic heterocycles. The van der Waals surface area contributed by atoms with Crippen molar-refractivity contribution in [1.82, 2.24) is 9.21 Å². The first-order chi connectivity index (χ1) is 13.8. The van der Waals surface area contributed by atoms with Crippen molar-refractivity contribution in [3.63, 3.8) is 0 Å². The van der Waals surface area contributed by atoms with E-state index in [9.17, 15) is 23.1 Å². The van der Waals surface area contributed by atoms with E-state index in [1.165, 1.54) is 28.4 Å². The highest BCUT2D eigenvalue weighted by molar-refractivity contribution is 7.89. The zero-order valence-electron chi connectivity index (χ0n) is 16.2. The van der Waals surface area contributed by atoms with Crippen LogP contribution in [0.3, 0.4) is 0 Å². The summed E-state index contributed by atoms with van der Waals surface area (Å²) < 4.78 is 32.7. The number of piperazine rings is 1. The van der Waals surface area contributed by atoms with Gasteiger partial charge in [0.25, 0.3) is 5.91 Å². The third-order valence-electron chi connectivity index (χ3n) is 4.85. The number of nitrogens with zero attached hydrogens (tertiary/aromatic N) is 2. The molecule has 0 aliphatic carbocycles. The predicted octanol–water partition coefficient (Wildman–Crippen LogP) is 1.85. The van der Waals surface area contributed by atoms with Crippen molar-refractivity contribution in [2.45, 2.75) is 11.8 Å². The maximum absolute atomic E-state index is 13.1. The minimum atomic E-state index is -3.79. The van der Waals surface area contributed by atoms with E-state index in [0.717, 1.165) is 5.56 Å². The van der Waals surface area contributed by atoms with Gasteiger partial charge >= 0.3 is 5.97 Å². The van der Waals surface area contributed by atoms with Crippen LogP contribution in [0.2, 0.25) is 0 Å². The van der Waals surface area contributed by atoms with Crippen LogP contribution in [-0.2, 0) is 10.0 Å². The predicted molar refractivity (Wildman–Crippen MR) is 106 cm³/mol. The van der Waals surface area contributed by atoms with Gasteiger partial charge in [-0.25, -0.2) is 13.2 Å². The highest BCUT2D eigenvalue weighted by Crippen LogP contribution is 2.28. The Hall–Kier alpha value is -2.91. The van der Waals surface area contributed by atoms with Gasteiger partial charge in [-0.05, 0) is 36.8 Å². The third kappa shape index (κ3) is 4.10. The Bertz CT molecular complexity index is 1040. The van der Waals surface area contributed by atoms with Crippen molar-refractivity contribution in [3.8, 4) is 5.75 Å². The topological polar surface area (TPSA) is 104 Å². The summed E-state index contributed by atoms with van der Waals surface area (Å²) in [5, 5.41) is 9.29. The van der Waals surface area contributed by atoms with Gasteiger partial charge < -0.3 is 14.7 Å². The molecule has 0 bridgehead atoms. The second-order valence-corrected chi connectivity index (χ2v) is 8.61. The Morgan fingerprint density at radius 1 is 1.00 bits per heavy atom. The average molecular weight is 418 g/mol. The monoisotopic (exact) mass is 418 g/mol. The van der Waals surface area contributed by atoms with Crippen LogP contribution in [0.1, 0.15) is 26.3 Å². The summed E-state index contributed by atoms with van der Waals surface area (Å²) in [6, 6.07) is 10.9. The molecule has 0 radical (unpaired) electrons. The number of ether oxygens (including phenoxy) is 1. The van der Waals surface area contributed by atoms with Crippen LogP contribution in [0, 0.1) is 6.92 Å². The molecule has 8 nitrogen and oxygen atoms in total. The summed E-state index contributed by atoms with van der Waals surface area (Å²) in [6.07, 6.45) is 0. The van der Waals surface area contributed by atoms with Crippen LogP contribution in [0.5, 0.6) is 5.75 Å². The molecule has 0 spiro atoms. The number of rotatable bonds is 5. The number of benzene rings is 2. The smallest absolute Gasteiger partial charge is 0.336 e. The van der Waals surface area contributed by atoms with E-state index in [-0.39, 0.29) is 48.0 Å². The normalized spacial score (nSPS) is 15.2. The van der Waals surface area contributed by atoms with Crippen LogP contribution in [0.4, 0.5) is 0 Å². The van der Waals surface area contributed by atoms with Gasteiger partial charge in [0.05, 0.1) is 18.2 Å². The highest BCUT2D eigenvalue weighted by atomic mass is 32.2. The number of carbonyl (C=O) groups is 2. The Balaban J connectivity index is 1.78. The molecular formula is C20H22N2O6S. The molecule has 0 unspecified atom stereocenters. The number of aryl methyl sites for hydroxylation is 1. The van der Waals surface area contributed by atoms with Crippen LogP contribution in [-0.4, -0.2) is 67.9 Å². The number of carbonyl (C=O) groups excluding carboxylic acids is 1. The molecule has 1 saturated heterocycles. The molecule has 1 amide bonds. The van der Waals surface area contributed by atoms with E-state index in [1.807, 2.05) is 0 Å². The summed E-state index contributed by atoms with van der Waals surface area (Å²) in [4.78, 5) is 25.7. The minimum Gasteiger partial charge on any atom is -0.495 e. The minimum absolute atomic E-state index is 0.0722. The van der Waals surface area contributed by atoms with Crippen molar-refractivity contribution in [3.05, 3.63) is 59.2 Å². The van der Waals surface area contributed by atoms with Gasteiger partial charge in [0.1, 0.15) is 10.6 Å². The zero-order valence-corrected chi connectivity index (χ0v) is 17.0. The number of carboxylic acids is 1. The molecule has 1 aliphatic heterocycles. The van der Waals surface area contributed by atoms with Gasteiger partial charge in [-0.3, -0.25) is 4.79 Å². The highest BCUT2D eigenvalue weighted by Gasteiger charge is 2.33. The van der Waals surface area contributed by atoms with E-state index in [4.69, 9.17) is 4.74 Å². The molecule has 1 aliphatic rings. The van der Waals surface area contributed by atoms with Gasteiger partial charge in [-0.15, -0.1) is 0 Å². The lowest BCUT2D eigenvalue weighted by Gasteiger charge is -2.34. The van der Waals surface area contributed by atoms with E-state index in [0.29, 0.717) is 0 Å². The number of sulfonamides is 1. The van der Waals surface area contributed by atoms with Gasteiger partial charge in [0.2, 0.25) is 10.0 Å². The van der Waals surface area contributed by atoms with Crippen LogP contribution >= 0.6 is 0 Å². The summed E-state index contributed by atoms with van der Waals surface area (Å²) in [5.41, 5.74) is 0.817. The fourth-order valence-corrected chi connectivity index (χ4v) is 4.95. The first-order valence-electron chi connectivity index (χ1n) is 9.02. The summed E-state index contributed by atoms with van der Waals surface area (Å²) in [6.45, 7) is 2.36. The Kier molecular flexibility index (Phi) is 5.90. The third-order valence-corrected chi connectivity index (χ3v) is 6.77. The van der Waals surface area contributed by atoms with Crippen molar-refractivity contribution in [1.29, 1.82) is 0 Å². The van der Waals surface area contributed by atoms with E-state index in [2.05, 4.69) is 0 Å². The fraction of sp³-hybridized carbons (Fsp3) is 0.300. The van der Waals surface area contributed by atoms with Crippen LogP contribution in [0.25, 0.3) is 0 Å². The number of hydrogen-bond acceptors (Lipinski definition) is 5. The largest absolute Gasteiger partial charge is 0.495 e. The maximum Gasteiger partial charge on any atom is 0.336 e. The molecule has 2 aromatic carbocycles. The fourth-order valence-electron chi connectivity index (χ4n) is 3.28. The van der Waals surface area contributed by atoms with Gasteiger partial charge in [0, 0.05) is 26.2 Å². The molecular weight excluding hydrogens is 396 g/mol. The van der Waals surface area contributed by atoms with Gasteiger partial charge in [-0.2, -0.15) is 4.31 Å². The van der Waals surface area contributed by atoms with Crippen LogP contribution < -0.4 is 4.74 Å². The Labute approximate surface area is 169 Å². The number of amides is 1. The quantitative estimate of drug-likeness (QED) is 0.795. The lowest BCUT2D eigenvalue weighted by molar-refractivity contribution is 0.0656. The average Bonchev–Trinajstić information content (AvgIpc) is 2.73. The number of carboxylic acid groups (broad SMARTS) is 1. The lowest BCUT2D eigenvalue weighted by atomic mass is 10.1. The molecule has 1 fully saturated rings. The number of methoxy groups -OCH3 is 1. The molecule has 29 heavy (non-hydrogen) atoms. The molecule has 2 aromatic rings. The molecule has 1 heterocycles. The molecule has 154 valence electrons. The maximum atomic E-state index is 13.1. The first kappa shape index (κ1) is 20.8. The van der Waals surface area contributed by atoms with Crippen molar-refractivity contribution >= 4 is 21.9 Å².